The molecule has 0 aromatic carbocycles. The van der Waals surface area contributed by atoms with E-state index < -0.39 is 0 Å². The van der Waals surface area contributed by atoms with Crippen molar-refractivity contribution in [1.29, 1.82) is 0 Å². The first-order valence-corrected chi connectivity index (χ1v) is 7.83. The SMILES string of the molecule is Cc1nc(NC(=O)N[C@@H]2CCCN(c3ncc[nH]c3=O)C2)oc1C. The lowest BCUT2D eigenvalue weighted by Gasteiger charge is -2.33. The van der Waals surface area contributed by atoms with Gasteiger partial charge in [-0.25, -0.2) is 9.78 Å². The van der Waals surface area contributed by atoms with Crippen LogP contribution in [-0.4, -0.2) is 40.1 Å². The zero-order chi connectivity index (χ0) is 17.1. The van der Waals surface area contributed by atoms with Gasteiger partial charge in [0, 0.05) is 31.5 Å². The Morgan fingerprint density at radius 2 is 2.29 bits per heavy atom. The van der Waals surface area contributed by atoms with Gasteiger partial charge in [-0.05, 0) is 26.7 Å². The minimum Gasteiger partial charge on any atom is -0.428 e. The van der Waals surface area contributed by atoms with Crippen molar-refractivity contribution in [3.05, 3.63) is 34.2 Å². The number of aromatic amines is 1. The van der Waals surface area contributed by atoms with E-state index in [1.54, 1.807) is 13.1 Å². The fraction of sp³-hybridized carbons (Fsp3) is 0.467. The molecule has 3 N–H and O–H groups in total. The van der Waals surface area contributed by atoms with Crippen LogP contribution in [0.5, 0.6) is 0 Å². The lowest BCUT2D eigenvalue weighted by molar-refractivity contribution is 0.246. The molecule has 3 heterocycles. The Morgan fingerprint density at radius 1 is 1.46 bits per heavy atom. The van der Waals surface area contributed by atoms with Gasteiger partial charge in [-0.2, -0.15) is 4.98 Å². The van der Waals surface area contributed by atoms with E-state index in [0.717, 1.165) is 25.1 Å². The van der Waals surface area contributed by atoms with Crippen molar-refractivity contribution < 1.29 is 9.21 Å². The predicted octanol–water partition coefficient (Wildman–Crippen LogP) is 1.17. The van der Waals surface area contributed by atoms with E-state index in [9.17, 15) is 9.59 Å². The van der Waals surface area contributed by atoms with Gasteiger partial charge in [-0.3, -0.25) is 10.1 Å². The average molecular weight is 332 g/mol. The second-order valence-electron chi connectivity index (χ2n) is 5.79. The Balaban J connectivity index is 1.60. The van der Waals surface area contributed by atoms with Crippen LogP contribution in [-0.2, 0) is 0 Å². The molecular formula is C15H20N6O3. The Hall–Kier alpha value is -2.84. The highest BCUT2D eigenvalue weighted by Gasteiger charge is 2.24. The van der Waals surface area contributed by atoms with Crippen LogP contribution in [0.1, 0.15) is 24.3 Å². The van der Waals surface area contributed by atoms with Gasteiger partial charge in [0.15, 0.2) is 5.82 Å². The topological polar surface area (TPSA) is 116 Å². The molecule has 1 atom stereocenters. The highest BCUT2D eigenvalue weighted by Crippen LogP contribution is 2.15. The van der Waals surface area contributed by atoms with Crippen LogP contribution < -0.4 is 21.1 Å². The summed E-state index contributed by atoms with van der Waals surface area (Å²) >= 11 is 0. The van der Waals surface area contributed by atoms with Crippen LogP contribution in [0.25, 0.3) is 0 Å². The number of carbonyl (C=O) groups excluding carboxylic acids is 1. The first-order chi connectivity index (χ1) is 11.5. The standard InChI is InChI=1S/C15H20N6O3/c1-9-10(2)24-15(18-9)20-14(23)19-11-4-3-7-21(8-11)12-13(22)17-6-5-16-12/h5-6,11H,3-4,7-8H2,1-2H3,(H,17,22)(H2,18,19,20,23)/t11-/m1/s1. The molecule has 2 amide bonds. The second kappa shape index (κ2) is 6.73. The number of urea groups is 1. The van der Waals surface area contributed by atoms with Gasteiger partial charge < -0.3 is 19.6 Å². The number of amides is 2. The van der Waals surface area contributed by atoms with Crippen LogP contribution in [0, 0.1) is 13.8 Å². The number of nitrogens with zero attached hydrogens (tertiary/aromatic N) is 3. The molecule has 0 unspecified atom stereocenters. The summed E-state index contributed by atoms with van der Waals surface area (Å²) in [6.07, 6.45) is 4.74. The molecule has 0 aliphatic carbocycles. The van der Waals surface area contributed by atoms with E-state index >= 15 is 0 Å². The van der Waals surface area contributed by atoms with Crippen molar-refractivity contribution in [3.8, 4) is 0 Å². The predicted molar refractivity (Wildman–Crippen MR) is 88.2 cm³/mol. The van der Waals surface area contributed by atoms with E-state index in [-0.39, 0.29) is 23.6 Å². The molecule has 3 rings (SSSR count). The van der Waals surface area contributed by atoms with Crippen molar-refractivity contribution >= 4 is 17.9 Å². The number of aromatic nitrogens is 3. The maximum atomic E-state index is 12.1. The summed E-state index contributed by atoms with van der Waals surface area (Å²) in [5, 5.41) is 5.47. The smallest absolute Gasteiger partial charge is 0.323 e. The minimum absolute atomic E-state index is 0.0858. The van der Waals surface area contributed by atoms with Crippen LogP contribution in [0.2, 0.25) is 0 Å². The zero-order valence-electron chi connectivity index (χ0n) is 13.6. The summed E-state index contributed by atoms with van der Waals surface area (Å²) in [5.41, 5.74) is 0.511. The summed E-state index contributed by atoms with van der Waals surface area (Å²) in [6.45, 7) is 4.86. The molecule has 2 aromatic heterocycles. The minimum atomic E-state index is -0.377. The lowest BCUT2D eigenvalue weighted by atomic mass is 10.1. The molecule has 1 aliphatic rings. The van der Waals surface area contributed by atoms with Crippen molar-refractivity contribution in [1.82, 2.24) is 20.3 Å². The summed E-state index contributed by atoms with van der Waals surface area (Å²) in [6, 6.07) is -0.285. The lowest BCUT2D eigenvalue weighted by Crippen LogP contribution is -2.50. The highest BCUT2D eigenvalue weighted by atomic mass is 16.4. The first kappa shape index (κ1) is 16.0. The van der Waals surface area contributed by atoms with Crippen molar-refractivity contribution in [2.45, 2.75) is 32.7 Å². The van der Waals surface area contributed by atoms with Gasteiger partial charge in [0.2, 0.25) is 0 Å². The summed E-state index contributed by atoms with van der Waals surface area (Å²) in [7, 11) is 0. The molecule has 1 fully saturated rings. The number of hydrogen-bond donors (Lipinski definition) is 3. The van der Waals surface area contributed by atoms with E-state index in [1.165, 1.54) is 6.20 Å². The maximum Gasteiger partial charge on any atom is 0.323 e. The maximum absolute atomic E-state index is 12.1. The van der Waals surface area contributed by atoms with Gasteiger partial charge in [-0.15, -0.1) is 0 Å². The number of hydrogen-bond acceptors (Lipinski definition) is 6. The Morgan fingerprint density at radius 3 is 3.00 bits per heavy atom. The van der Waals surface area contributed by atoms with E-state index in [0.29, 0.717) is 18.1 Å². The molecule has 2 aromatic rings. The van der Waals surface area contributed by atoms with E-state index in [2.05, 4.69) is 25.6 Å². The molecule has 0 radical (unpaired) electrons. The summed E-state index contributed by atoms with van der Waals surface area (Å²) in [5.74, 6) is 1.05. The van der Waals surface area contributed by atoms with Crippen LogP contribution >= 0.6 is 0 Å². The van der Waals surface area contributed by atoms with E-state index in [4.69, 9.17) is 4.42 Å². The van der Waals surface area contributed by atoms with Gasteiger partial charge in [0.25, 0.3) is 5.56 Å². The van der Waals surface area contributed by atoms with Gasteiger partial charge in [-0.1, -0.05) is 0 Å². The number of oxazole rings is 1. The number of rotatable bonds is 3. The molecule has 1 saturated heterocycles. The van der Waals surface area contributed by atoms with E-state index in [1.807, 2.05) is 11.8 Å². The summed E-state index contributed by atoms with van der Waals surface area (Å²) in [4.78, 5) is 36.7. The van der Waals surface area contributed by atoms with Crippen molar-refractivity contribution in [3.63, 3.8) is 0 Å². The molecule has 1 aliphatic heterocycles. The first-order valence-electron chi connectivity index (χ1n) is 7.83. The normalized spacial score (nSPS) is 17.6. The average Bonchev–Trinajstić information content (AvgIpc) is 2.85. The summed E-state index contributed by atoms with van der Waals surface area (Å²) < 4.78 is 5.33. The number of carbonyl (C=O) groups is 1. The third kappa shape index (κ3) is 3.55. The highest BCUT2D eigenvalue weighted by molar-refractivity contribution is 5.87. The number of anilines is 2. The zero-order valence-corrected chi connectivity index (χ0v) is 13.6. The van der Waals surface area contributed by atoms with Gasteiger partial charge >= 0.3 is 12.0 Å². The molecular weight excluding hydrogens is 312 g/mol. The van der Waals surface area contributed by atoms with Gasteiger partial charge in [0.1, 0.15) is 5.76 Å². The largest absolute Gasteiger partial charge is 0.428 e. The molecule has 0 spiro atoms. The molecule has 0 saturated carbocycles. The van der Waals surface area contributed by atoms with Crippen LogP contribution in [0.4, 0.5) is 16.6 Å². The Kier molecular flexibility index (Phi) is 4.50. The molecule has 9 heteroatoms. The Labute approximate surface area is 138 Å². The number of nitrogens with one attached hydrogen (secondary N) is 3. The number of H-pyrrole nitrogens is 1. The number of piperidine rings is 1. The third-order valence-electron chi connectivity index (χ3n) is 3.99. The second-order valence-corrected chi connectivity index (χ2v) is 5.79. The third-order valence-corrected chi connectivity index (χ3v) is 3.99. The quantitative estimate of drug-likeness (QED) is 0.777. The Bertz CT molecular complexity index is 764. The van der Waals surface area contributed by atoms with Gasteiger partial charge in [0.05, 0.1) is 5.69 Å². The molecule has 128 valence electrons. The number of aryl methyl sites for hydroxylation is 2. The van der Waals surface area contributed by atoms with Crippen molar-refractivity contribution in [2.75, 3.05) is 23.3 Å². The molecule has 24 heavy (non-hydrogen) atoms. The fourth-order valence-corrected chi connectivity index (χ4v) is 2.70. The fourth-order valence-electron chi connectivity index (χ4n) is 2.70. The van der Waals surface area contributed by atoms with Crippen molar-refractivity contribution in [2.24, 2.45) is 0 Å². The van der Waals surface area contributed by atoms with Crippen LogP contribution in [0.3, 0.4) is 0 Å². The molecule has 0 bridgehead atoms. The van der Waals surface area contributed by atoms with Crippen LogP contribution in [0.15, 0.2) is 21.6 Å². The molecule has 9 nitrogen and oxygen atoms in total. The monoisotopic (exact) mass is 332 g/mol.